The SMILES string of the molecule is C=S(C)C.Cc1ccccc1.c1ccc2c(c1)c1ccccc1c1cc(-n3c4ccccc4c4ccccc43)ccc21. The Morgan fingerprint density at radius 1 is 0.429 bits per heavy atom. The van der Waals surface area contributed by atoms with Gasteiger partial charge in [0, 0.05) is 16.5 Å². The summed E-state index contributed by atoms with van der Waals surface area (Å²) in [5, 5.41) is 10.4. The molecule has 2 heteroatoms. The van der Waals surface area contributed by atoms with E-state index in [1.165, 1.54) is 65.4 Å². The molecule has 1 nitrogen and oxygen atoms in total. The number of nitrogens with zero attached hydrogens (tertiary/aromatic N) is 1. The lowest BCUT2D eigenvalue weighted by atomic mass is 9.94. The van der Waals surface area contributed by atoms with Gasteiger partial charge in [0.05, 0.1) is 11.0 Å². The van der Waals surface area contributed by atoms with Crippen LogP contribution in [0.15, 0.2) is 146 Å². The molecule has 0 aliphatic carbocycles. The van der Waals surface area contributed by atoms with Gasteiger partial charge in [-0.05, 0) is 76.0 Å². The van der Waals surface area contributed by atoms with Crippen molar-refractivity contribution in [1.82, 2.24) is 4.57 Å². The predicted molar refractivity (Wildman–Crippen MR) is 191 cm³/mol. The molecule has 0 spiro atoms. The first-order chi connectivity index (χ1) is 20.5. The third-order valence-corrected chi connectivity index (χ3v) is 7.51. The van der Waals surface area contributed by atoms with Crippen molar-refractivity contribution in [2.75, 3.05) is 12.5 Å². The Kier molecular flexibility index (Phi) is 7.90. The molecule has 0 aliphatic heterocycles. The van der Waals surface area contributed by atoms with E-state index in [0.29, 0.717) is 10.5 Å². The number of aryl methyl sites for hydroxylation is 1. The highest BCUT2D eigenvalue weighted by Crippen LogP contribution is 2.38. The largest absolute Gasteiger partial charge is 0.309 e. The van der Waals surface area contributed by atoms with E-state index in [4.69, 9.17) is 0 Å². The highest BCUT2D eigenvalue weighted by Gasteiger charge is 2.13. The molecule has 0 bridgehead atoms. The monoisotopic (exact) mass is 561 g/mol. The molecular formula is C40H35NS. The van der Waals surface area contributed by atoms with E-state index in [2.05, 4.69) is 157 Å². The van der Waals surface area contributed by atoms with E-state index in [1.54, 1.807) is 0 Å². The van der Waals surface area contributed by atoms with Crippen LogP contribution in [0, 0.1) is 6.92 Å². The number of hydrogen-bond acceptors (Lipinski definition) is 0. The Balaban J connectivity index is 0.000000245. The smallest absolute Gasteiger partial charge is 0.0541 e. The average Bonchev–Trinajstić information content (AvgIpc) is 3.36. The summed E-state index contributed by atoms with van der Waals surface area (Å²) in [6.45, 7) is 2.08. The first kappa shape index (κ1) is 27.5. The second-order valence-electron chi connectivity index (χ2n) is 10.8. The molecule has 0 atom stereocenters. The first-order valence-corrected chi connectivity index (χ1v) is 16.4. The van der Waals surface area contributed by atoms with E-state index >= 15 is 0 Å². The maximum atomic E-state index is 3.67. The summed E-state index contributed by atoms with van der Waals surface area (Å²) in [5.41, 5.74) is 5.01. The molecule has 0 amide bonds. The van der Waals surface area contributed by atoms with Gasteiger partial charge in [-0.15, -0.1) is 0 Å². The van der Waals surface area contributed by atoms with Crippen LogP contribution in [0.25, 0.3) is 59.8 Å². The lowest BCUT2D eigenvalue weighted by Gasteiger charge is -2.13. The van der Waals surface area contributed by atoms with Gasteiger partial charge < -0.3 is 4.57 Å². The number of fused-ring (bicyclic) bond motifs is 9. The van der Waals surface area contributed by atoms with Gasteiger partial charge in [0.2, 0.25) is 0 Å². The Hall–Kier alpha value is -4.66. The summed E-state index contributed by atoms with van der Waals surface area (Å²) < 4.78 is 2.40. The summed E-state index contributed by atoms with van der Waals surface area (Å²) in [5.74, 6) is 3.67. The summed E-state index contributed by atoms with van der Waals surface area (Å²) in [6.07, 6.45) is 4.17. The number of rotatable bonds is 1. The van der Waals surface area contributed by atoms with Crippen molar-refractivity contribution < 1.29 is 0 Å². The first-order valence-electron chi connectivity index (χ1n) is 14.2. The summed E-state index contributed by atoms with van der Waals surface area (Å²) in [6, 6.07) is 52.1. The molecule has 206 valence electrons. The molecule has 1 aromatic heterocycles. The molecular weight excluding hydrogens is 527 g/mol. The molecule has 0 aliphatic rings. The fourth-order valence-electron chi connectivity index (χ4n) is 5.77. The van der Waals surface area contributed by atoms with E-state index in [-0.39, 0.29) is 0 Å². The highest BCUT2D eigenvalue weighted by atomic mass is 32.2. The average molecular weight is 562 g/mol. The molecule has 0 saturated heterocycles. The van der Waals surface area contributed by atoms with Gasteiger partial charge in [0.1, 0.15) is 0 Å². The topological polar surface area (TPSA) is 4.93 Å². The third kappa shape index (κ3) is 5.34. The van der Waals surface area contributed by atoms with Crippen LogP contribution in [0.5, 0.6) is 0 Å². The van der Waals surface area contributed by atoms with Gasteiger partial charge >= 0.3 is 0 Å². The van der Waals surface area contributed by atoms with Gasteiger partial charge in [-0.3, -0.25) is 0 Å². The van der Waals surface area contributed by atoms with Crippen molar-refractivity contribution in [2.45, 2.75) is 6.92 Å². The van der Waals surface area contributed by atoms with Crippen LogP contribution < -0.4 is 0 Å². The zero-order valence-corrected chi connectivity index (χ0v) is 25.2. The minimum absolute atomic E-state index is 0.389. The molecule has 8 rings (SSSR count). The van der Waals surface area contributed by atoms with E-state index in [1.807, 2.05) is 18.2 Å². The zero-order chi connectivity index (χ0) is 29.1. The molecule has 42 heavy (non-hydrogen) atoms. The van der Waals surface area contributed by atoms with E-state index in [9.17, 15) is 0 Å². The Morgan fingerprint density at radius 2 is 0.786 bits per heavy atom. The lowest BCUT2D eigenvalue weighted by molar-refractivity contribution is 1.19. The lowest BCUT2D eigenvalue weighted by Crippen LogP contribution is -1.94. The van der Waals surface area contributed by atoms with Crippen molar-refractivity contribution in [3.8, 4) is 5.69 Å². The fourth-order valence-corrected chi connectivity index (χ4v) is 5.77. The second kappa shape index (κ2) is 12.1. The number of hydrogen-bond donors (Lipinski definition) is 0. The van der Waals surface area contributed by atoms with E-state index < -0.39 is 0 Å². The normalized spacial score (nSPS) is 11.0. The third-order valence-electron chi connectivity index (χ3n) is 7.51. The van der Waals surface area contributed by atoms with Gasteiger partial charge in [-0.1, -0.05) is 133 Å². The number of para-hydroxylation sites is 2. The van der Waals surface area contributed by atoms with Crippen LogP contribution in [-0.2, 0) is 0 Å². The maximum Gasteiger partial charge on any atom is 0.0541 e. The van der Waals surface area contributed by atoms with Crippen molar-refractivity contribution >= 4 is 70.5 Å². The van der Waals surface area contributed by atoms with Crippen LogP contribution in [0.3, 0.4) is 0 Å². The maximum absolute atomic E-state index is 3.67. The minimum Gasteiger partial charge on any atom is -0.309 e. The Labute approximate surface area is 250 Å². The summed E-state index contributed by atoms with van der Waals surface area (Å²) in [7, 11) is 0.389. The van der Waals surface area contributed by atoms with Gasteiger partial charge in [-0.25, -0.2) is 0 Å². The minimum atomic E-state index is 0.389. The van der Waals surface area contributed by atoms with Crippen molar-refractivity contribution in [2.24, 2.45) is 0 Å². The van der Waals surface area contributed by atoms with Crippen LogP contribution in [-0.4, -0.2) is 22.9 Å². The van der Waals surface area contributed by atoms with Gasteiger partial charge in [0.15, 0.2) is 0 Å². The quantitative estimate of drug-likeness (QED) is 0.139. The summed E-state index contributed by atoms with van der Waals surface area (Å²) in [4.78, 5) is 0. The highest BCUT2D eigenvalue weighted by molar-refractivity contribution is 8.12. The standard InChI is InChI=1S/C30H19N.C7H8.C3H8S/c1-2-11-23-21(9-1)22-10-3-4-12-24(22)28-19-20(17-18-25(23)28)31-29-15-7-5-13-26(29)27-14-6-8-16-30(27)31;1-7-5-3-2-4-6-7;1-4(2)3/h1-19H;2-6H,1H3;1H2,2-3H3. The van der Waals surface area contributed by atoms with Crippen molar-refractivity contribution in [3.05, 3.63) is 151 Å². The molecule has 1 heterocycles. The molecule has 0 fully saturated rings. The van der Waals surface area contributed by atoms with Crippen LogP contribution in [0.4, 0.5) is 0 Å². The molecule has 0 radical (unpaired) electrons. The predicted octanol–water partition coefficient (Wildman–Crippen LogP) is 11.2. The van der Waals surface area contributed by atoms with Gasteiger partial charge in [0.25, 0.3) is 0 Å². The van der Waals surface area contributed by atoms with Crippen LogP contribution in [0.2, 0.25) is 0 Å². The second-order valence-corrected chi connectivity index (χ2v) is 12.8. The molecule has 0 unspecified atom stereocenters. The molecule has 8 aromatic rings. The summed E-state index contributed by atoms with van der Waals surface area (Å²) >= 11 is 0. The zero-order valence-electron chi connectivity index (χ0n) is 24.4. The molecule has 0 saturated carbocycles. The van der Waals surface area contributed by atoms with Gasteiger partial charge in [-0.2, -0.15) is 10.5 Å². The van der Waals surface area contributed by atoms with Crippen molar-refractivity contribution in [3.63, 3.8) is 0 Å². The number of benzene rings is 7. The molecule has 0 N–H and O–H groups in total. The molecule has 7 aromatic carbocycles. The Morgan fingerprint density at radius 3 is 1.21 bits per heavy atom. The van der Waals surface area contributed by atoms with Crippen LogP contribution in [0.1, 0.15) is 5.56 Å². The van der Waals surface area contributed by atoms with Crippen LogP contribution >= 0.6 is 10.5 Å². The van der Waals surface area contributed by atoms with E-state index in [0.717, 1.165) is 0 Å². The number of aromatic nitrogens is 1. The van der Waals surface area contributed by atoms with Crippen molar-refractivity contribution in [1.29, 1.82) is 0 Å². The Bertz CT molecular complexity index is 2100. The fraction of sp³-hybridized carbons (Fsp3) is 0.0750.